The molecule has 1 aliphatic heterocycles. The van der Waals surface area contributed by atoms with E-state index in [1.54, 1.807) is 0 Å². The predicted molar refractivity (Wildman–Crippen MR) is 79.6 cm³/mol. The Kier molecular flexibility index (Phi) is 4.17. The molecule has 0 bridgehead atoms. The zero-order valence-electron chi connectivity index (χ0n) is 11.9. The molecule has 3 rings (SSSR count). The lowest BCUT2D eigenvalue weighted by Gasteiger charge is -2.37. The number of hydrogen-bond donors (Lipinski definition) is 1. The van der Waals surface area contributed by atoms with Crippen LogP contribution < -0.4 is 5.32 Å². The van der Waals surface area contributed by atoms with Gasteiger partial charge >= 0.3 is 0 Å². The van der Waals surface area contributed by atoms with Crippen LogP contribution in [-0.2, 0) is 13.0 Å². The first-order valence-corrected chi connectivity index (χ1v) is 8.14. The van der Waals surface area contributed by atoms with Gasteiger partial charge in [-0.05, 0) is 26.9 Å². The summed E-state index contributed by atoms with van der Waals surface area (Å²) in [7, 11) is 4.45. The fourth-order valence-electron chi connectivity index (χ4n) is 2.58. The fourth-order valence-corrected chi connectivity index (χ4v) is 3.45. The number of thiazole rings is 1. The number of hydrogen-bond acceptors (Lipinski definition) is 5. The Morgan fingerprint density at radius 3 is 3.00 bits per heavy atom. The molecule has 2 heterocycles. The molecule has 0 amide bonds. The molecular formula is C14H24N4S. The molecule has 2 fully saturated rings. The summed E-state index contributed by atoms with van der Waals surface area (Å²) in [5, 5.41) is 7.04. The van der Waals surface area contributed by atoms with Crippen molar-refractivity contribution in [1.82, 2.24) is 20.1 Å². The largest absolute Gasteiger partial charge is 0.308 e. The van der Waals surface area contributed by atoms with Crippen LogP contribution in [0.25, 0.3) is 0 Å². The van der Waals surface area contributed by atoms with Gasteiger partial charge in [0.05, 0.1) is 10.7 Å². The van der Waals surface area contributed by atoms with Crippen LogP contribution in [0, 0.1) is 0 Å². The first kappa shape index (κ1) is 13.5. The molecule has 1 aliphatic carbocycles. The molecule has 0 radical (unpaired) electrons. The maximum atomic E-state index is 4.77. The molecule has 0 spiro atoms. The summed E-state index contributed by atoms with van der Waals surface area (Å²) in [6.07, 6.45) is 3.78. The quantitative estimate of drug-likeness (QED) is 0.878. The highest BCUT2D eigenvalue weighted by molar-refractivity contribution is 7.09. The topological polar surface area (TPSA) is 31.4 Å². The second kappa shape index (κ2) is 5.87. The molecule has 1 aromatic heterocycles. The van der Waals surface area contributed by atoms with Gasteiger partial charge in [0.25, 0.3) is 0 Å². The Morgan fingerprint density at radius 1 is 1.37 bits per heavy atom. The molecule has 19 heavy (non-hydrogen) atoms. The number of rotatable bonds is 5. The van der Waals surface area contributed by atoms with Crippen LogP contribution in [0.2, 0.25) is 0 Å². The normalized spacial score (nSPS) is 25.9. The summed E-state index contributed by atoms with van der Waals surface area (Å²) in [5.41, 5.74) is 1.22. The van der Waals surface area contributed by atoms with Crippen LogP contribution in [0.15, 0.2) is 5.38 Å². The van der Waals surface area contributed by atoms with Gasteiger partial charge in [0.2, 0.25) is 0 Å². The minimum atomic E-state index is 0.620. The first-order chi connectivity index (χ1) is 9.20. The van der Waals surface area contributed by atoms with Crippen LogP contribution in [0.5, 0.6) is 0 Å². The zero-order valence-corrected chi connectivity index (χ0v) is 12.7. The number of aromatic nitrogens is 1. The molecule has 106 valence electrons. The van der Waals surface area contributed by atoms with Crippen LogP contribution in [0.1, 0.15) is 23.5 Å². The summed E-state index contributed by atoms with van der Waals surface area (Å²) in [6.45, 7) is 4.46. The minimum absolute atomic E-state index is 0.620. The average Bonchev–Trinajstić information content (AvgIpc) is 3.12. The van der Waals surface area contributed by atoms with Crippen molar-refractivity contribution in [3.05, 3.63) is 16.1 Å². The second-order valence-electron chi connectivity index (χ2n) is 5.99. The summed E-state index contributed by atoms with van der Waals surface area (Å²) < 4.78 is 0. The third kappa shape index (κ3) is 3.75. The van der Waals surface area contributed by atoms with Crippen LogP contribution in [-0.4, -0.2) is 60.6 Å². The van der Waals surface area contributed by atoms with E-state index in [1.807, 2.05) is 11.3 Å². The van der Waals surface area contributed by atoms with Crippen LogP contribution in [0.3, 0.4) is 0 Å². The van der Waals surface area contributed by atoms with E-state index in [-0.39, 0.29) is 0 Å². The molecule has 1 N–H and O–H groups in total. The molecule has 5 heteroatoms. The van der Waals surface area contributed by atoms with Crippen molar-refractivity contribution in [3.8, 4) is 0 Å². The SMILES string of the molecule is CN1CCN(C)C(Cc2nc(CNC3CC3)cs2)C1. The van der Waals surface area contributed by atoms with E-state index in [0.717, 1.165) is 25.6 Å². The van der Waals surface area contributed by atoms with E-state index in [0.29, 0.717) is 6.04 Å². The van der Waals surface area contributed by atoms with Crippen LogP contribution >= 0.6 is 11.3 Å². The highest BCUT2D eigenvalue weighted by Gasteiger charge is 2.24. The van der Waals surface area contributed by atoms with Gasteiger partial charge in [0.15, 0.2) is 0 Å². The van der Waals surface area contributed by atoms with Crippen molar-refractivity contribution in [1.29, 1.82) is 0 Å². The highest BCUT2D eigenvalue weighted by Crippen LogP contribution is 2.20. The van der Waals surface area contributed by atoms with Gasteiger partial charge in [-0.3, -0.25) is 0 Å². The Morgan fingerprint density at radius 2 is 2.21 bits per heavy atom. The fraction of sp³-hybridized carbons (Fsp3) is 0.786. The van der Waals surface area contributed by atoms with Crippen molar-refractivity contribution in [2.24, 2.45) is 0 Å². The maximum absolute atomic E-state index is 4.77. The Bertz CT molecular complexity index is 415. The number of piperazine rings is 1. The molecule has 1 saturated carbocycles. The van der Waals surface area contributed by atoms with E-state index in [9.17, 15) is 0 Å². The number of nitrogens with one attached hydrogen (secondary N) is 1. The van der Waals surface area contributed by atoms with Crippen molar-refractivity contribution >= 4 is 11.3 Å². The predicted octanol–water partition coefficient (Wildman–Crippen LogP) is 1.18. The van der Waals surface area contributed by atoms with E-state index < -0.39 is 0 Å². The summed E-state index contributed by atoms with van der Waals surface area (Å²) >= 11 is 1.82. The van der Waals surface area contributed by atoms with Crippen molar-refractivity contribution in [3.63, 3.8) is 0 Å². The van der Waals surface area contributed by atoms with Crippen molar-refractivity contribution < 1.29 is 0 Å². The van der Waals surface area contributed by atoms with Gasteiger partial charge in [-0.2, -0.15) is 0 Å². The lowest BCUT2D eigenvalue weighted by molar-refractivity contribution is 0.114. The van der Waals surface area contributed by atoms with Gasteiger partial charge in [0.1, 0.15) is 0 Å². The molecule has 1 saturated heterocycles. The first-order valence-electron chi connectivity index (χ1n) is 7.26. The summed E-state index contributed by atoms with van der Waals surface area (Å²) in [5.74, 6) is 0. The lowest BCUT2D eigenvalue weighted by Crippen LogP contribution is -2.50. The Labute approximate surface area is 119 Å². The Balaban J connectivity index is 1.53. The molecule has 1 unspecified atom stereocenters. The molecular weight excluding hydrogens is 256 g/mol. The van der Waals surface area contributed by atoms with Gasteiger partial charge in [-0.25, -0.2) is 4.98 Å². The molecule has 4 nitrogen and oxygen atoms in total. The van der Waals surface area contributed by atoms with Gasteiger partial charge in [-0.1, -0.05) is 0 Å². The summed E-state index contributed by atoms with van der Waals surface area (Å²) in [6, 6.07) is 1.39. The molecule has 1 aromatic rings. The van der Waals surface area contributed by atoms with E-state index >= 15 is 0 Å². The second-order valence-corrected chi connectivity index (χ2v) is 6.93. The van der Waals surface area contributed by atoms with E-state index in [2.05, 4.69) is 34.6 Å². The lowest BCUT2D eigenvalue weighted by atomic mass is 10.1. The molecule has 2 aliphatic rings. The third-order valence-electron chi connectivity index (χ3n) is 4.14. The smallest absolute Gasteiger partial charge is 0.0944 e. The van der Waals surface area contributed by atoms with Crippen molar-refractivity contribution in [2.45, 2.75) is 37.9 Å². The molecule has 0 aromatic carbocycles. The van der Waals surface area contributed by atoms with Crippen molar-refractivity contribution in [2.75, 3.05) is 33.7 Å². The Hall–Kier alpha value is -0.490. The van der Waals surface area contributed by atoms with Crippen LogP contribution in [0.4, 0.5) is 0 Å². The highest BCUT2D eigenvalue weighted by atomic mass is 32.1. The van der Waals surface area contributed by atoms with Gasteiger partial charge < -0.3 is 15.1 Å². The van der Waals surface area contributed by atoms with E-state index in [1.165, 1.54) is 36.6 Å². The van der Waals surface area contributed by atoms with Gasteiger partial charge in [-0.15, -0.1) is 11.3 Å². The third-order valence-corrected chi connectivity index (χ3v) is 5.06. The zero-order chi connectivity index (χ0) is 13.2. The van der Waals surface area contributed by atoms with Gasteiger partial charge in [0, 0.05) is 50.1 Å². The maximum Gasteiger partial charge on any atom is 0.0944 e. The minimum Gasteiger partial charge on any atom is -0.308 e. The molecule has 1 atom stereocenters. The summed E-state index contributed by atoms with van der Waals surface area (Å²) in [4.78, 5) is 9.67. The number of nitrogens with zero attached hydrogens (tertiary/aromatic N) is 3. The monoisotopic (exact) mass is 280 g/mol. The number of likely N-dealkylation sites (N-methyl/N-ethyl adjacent to an activating group) is 2. The average molecular weight is 280 g/mol. The van der Waals surface area contributed by atoms with E-state index in [4.69, 9.17) is 4.98 Å². The standard InChI is InChI=1S/C14H24N4S/c1-17-5-6-18(2)13(9-17)7-14-16-12(10-19-14)8-15-11-3-4-11/h10-11,13,15H,3-9H2,1-2H3.